The van der Waals surface area contributed by atoms with Gasteiger partial charge >= 0.3 is 0 Å². The molecular formula is C13H20FN3O. The van der Waals surface area contributed by atoms with E-state index in [0.717, 1.165) is 37.4 Å². The van der Waals surface area contributed by atoms with Gasteiger partial charge in [0.25, 0.3) is 0 Å². The van der Waals surface area contributed by atoms with Gasteiger partial charge in [0, 0.05) is 38.4 Å². The molecule has 0 aliphatic carbocycles. The maximum atomic E-state index is 13.2. The Morgan fingerprint density at radius 3 is 2.89 bits per heavy atom. The number of anilines is 1. The molecule has 0 bridgehead atoms. The molecule has 0 radical (unpaired) electrons. The molecule has 0 spiro atoms. The van der Waals surface area contributed by atoms with Gasteiger partial charge in [-0.1, -0.05) is 0 Å². The lowest BCUT2D eigenvalue weighted by Crippen LogP contribution is -2.38. The summed E-state index contributed by atoms with van der Waals surface area (Å²) in [4.78, 5) is 6.39. The van der Waals surface area contributed by atoms with Gasteiger partial charge in [-0.2, -0.15) is 0 Å². The fraction of sp³-hybridized carbons (Fsp3) is 0.615. The minimum atomic E-state index is -0.288. The normalized spacial score (nSPS) is 16.8. The molecule has 2 rings (SSSR count). The Morgan fingerprint density at radius 2 is 2.22 bits per heavy atom. The van der Waals surface area contributed by atoms with Crippen LogP contribution in [0.2, 0.25) is 0 Å². The van der Waals surface area contributed by atoms with E-state index in [1.807, 2.05) is 14.1 Å². The lowest BCUT2D eigenvalue weighted by molar-refractivity contribution is 0.0853. The first-order chi connectivity index (χ1) is 8.72. The second kappa shape index (κ2) is 6.11. The Kier molecular flexibility index (Phi) is 4.49. The molecule has 0 aromatic carbocycles. The van der Waals surface area contributed by atoms with Gasteiger partial charge in [0.1, 0.15) is 11.6 Å². The van der Waals surface area contributed by atoms with E-state index in [1.165, 1.54) is 6.20 Å². The molecule has 2 heterocycles. The molecule has 100 valence electrons. The van der Waals surface area contributed by atoms with E-state index in [9.17, 15) is 4.39 Å². The summed E-state index contributed by atoms with van der Waals surface area (Å²) in [5, 5.41) is 3.05. The van der Waals surface area contributed by atoms with Crippen LogP contribution in [0.1, 0.15) is 18.4 Å². The molecule has 0 atom stereocenters. The third-order valence-corrected chi connectivity index (χ3v) is 3.35. The zero-order chi connectivity index (χ0) is 13.0. The Bertz CT molecular complexity index is 394. The standard InChI is InChI=1S/C13H20FN3O/c1-15-8-10-7-11(14)9-16-13(10)17(2)12-3-5-18-6-4-12/h7,9,12,15H,3-6,8H2,1-2H3. The SMILES string of the molecule is CNCc1cc(F)cnc1N(C)C1CCOCC1. The van der Waals surface area contributed by atoms with Gasteiger partial charge in [-0.15, -0.1) is 0 Å². The van der Waals surface area contributed by atoms with Crippen LogP contribution in [0.15, 0.2) is 12.3 Å². The van der Waals surface area contributed by atoms with Gasteiger partial charge in [-0.25, -0.2) is 9.37 Å². The van der Waals surface area contributed by atoms with Gasteiger partial charge in [0.15, 0.2) is 0 Å². The summed E-state index contributed by atoms with van der Waals surface area (Å²) in [6.07, 6.45) is 3.27. The first-order valence-electron chi connectivity index (χ1n) is 6.32. The third-order valence-electron chi connectivity index (χ3n) is 3.35. The lowest BCUT2D eigenvalue weighted by Gasteiger charge is -2.33. The molecule has 5 heteroatoms. The summed E-state index contributed by atoms with van der Waals surface area (Å²) in [6.45, 7) is 2.20. The Balaban J connectivity index is 2.19. The number of nitrogens with zero attached hydrogens (tertiary/aromatic N) is 2. The van der Waals surface area contributed by atoms with Crippen LogP contribution in [-0.2, 0) is 11.3 Å². The highest BCUT2D eigenvalue weighted by Gasteiger charge is 2.21. The van der Waals surface area contributed by atoms with Crippen LogP contribution in [0.25, 0.3) is 0 Å². The molecule has 18 heavy (non-hydrogen) atoms. The van der Waals surface area contributed by atoms with Gasteiger partial charge < -0.3 is 15.0 Å². The van der Waals surface area contributed by atoms with Crippen molar-refractivity contribution in [1.82, 2.24) is 10.3 Å². The number of rotatable bonds is 4. The zero-order valence-electron chi connectivity index (χ0n) is 10.9. The summed E-state index contributed by atoms with van der Waals surface area (Å²) < 4.78 is 18.6. The van der Waals surface area contributed by atoms with E-state index >= 15 is 0 Å². The number of pyridine rings is 1. The van der Waals surface area contributed by atoms with Crippen molar-refractivity contribution in [3.05, 3.63) is 23.6 Å². The van der Waals surface area contributed by atoms with Gasteiger partial charge in [-0.05, 0) is 26.0 Å². The monoisotopic (exact) mass is 253 g/mol. The molecular weight excluding hydrogens is 233 g/mol. The molecule has 1 saturated heterocycles. The first kappa shape index (κ1) is 13.2. The average Bonchev–Trinajstić information content (AvgIpc) is 2.40. The van der Waals surface area contributed by atoms with Crippen molar-refractivity contribution in [2.45, 2.75) is 25.4 Å². The summed E-state index contributed by atoms with van der Waals surface area (Å²) in [6, 6.07) is 1.97. The maximum absolute atomic E-state index is 13.2. The van der Waals surface area contributed by atoms with Crippen molar-refractivity contribution in [3.63, 3.8) is 0 Å². The molecule has 0 unspecified atom stereocenters. The zero-order valence-corrected chi connectivity index (χ0v) is 10.9. The van der Waals surface area contributed by atoms with Gasteiger partial charge in [0.2, 0.25) is 0 Å². The third kappa shape index (κ3) is 2.97. The van der Waals surface area contributed by atoms with Crippen molar-refractivity contribution in [2.75, 3.05) is 32.2 Å². The minimum Gasteiger partial charge on any atom is -0.381 e. The van der Waals surface area contributed by atoms with Crippen molar-refractivity contribution in [2.24, 2.45) is 0 Å². The predicted octanol–water partition coefficient (Wildman–Crippen LogP) is 1.56. The molecule has 0 saturated carbocycles. The fourth-order valence-corrected chi connectivity index (χ4v) is 2.36. The molecule has 1 aliphatic rings. The number of halogens is 1. The molecule has 1 aromatic rings. The lowest BCUT2D eigenvalue weighted by atomic mass is 10.1. The number of hydrogen-bond donors (Lipinski definition) is 1. The van der Waals surface area contributed by atoms with Crippen LogP contribution >= 0.6 is 0 Å². The second-order valence-corrected chi connectivity index (χ2v) is 4.62. The van der Waals surface area contributed by atoms with E-state index < -0.39 is 0 Å². The van der Waals surface area contributed by atoms with Crippen LogP contribution in [-0.4, -0.2) is 38.3 Å². The van der Waals surface area contributed by atoms with Crippen LogP contribution < -0.4 is 10.2 Å². The molecule has 1 N–H and O–H groups in total. The number of ether oxygens (including phenoxy) is 1. The number of aromatic nitrogens is 1. The second-order valence-electron chi connectivity index (χ2n) is 4.62. The average molecular weight is 253 g/mol. The van der Waals surface area contributed by atoms with Crippen molar-refractivity contribution < 1.29 is 9.13 Å². The quantitative estimate of drug-likeness (QED) is 0.883. The van der Waals surface area contributed by atoms with Crippen molar-refractivity contribution in [3.8, 4) is 0 Å². The topological polar surface area (TPSA) is 37.4 Å². The summed E-state index contributed by atoms with van der Waals surface area (Å²) >= 11 is 0. The van der Waals surface area contributed by atoms with Crippen molar-refractivity contribution >= 4 is 5.82 Å². The first-order valence-corrected chi connectivity index (χ1v) is 6.32. The van der Waals surface area contributed by atoms with Crippen molar-refractivity contribution in [1.29, 1.82) is 0 Å². The van der Waals surface area contributed by atoms with Crippen LogP contribution in [0.3, 0.4) is 0 Å². The summed E-state index contributed by atoms with van der Waals surface area (Å²) in [5.74, 6) is 0.571. The van der Waals surface area contributed by atoms with E-state index in [1.54, 1.807) is 6.07 Å². The Morgan fingerprint density at radius 1 is 1.50 bits per heavy atom. The summed E-state index contributed by atoms with van der Waals surface area (Å²) in [7, 11) is 3.87. The summed E-state index contributed by atoms with van der Waals surface area (Å²) in [5.41, 5.74) is 0.895. The van der Waals surface area contributed by atoms with E-state index in [-0.39, 0.29) is 5.82 Å². The van der Waals surface area contributed by atoms with E-state index in [2.05, 4.69) is 15.2 Å². The van der Waals surface area contributed by atoms with Crippen LogP contribution in [0.5, 0.6) is 0 Å². The van der Waals surface area contributed by atoms with Crippen LogP contribution in [0, 0.1) is 5.82 Å². The van der Waals surface area contributed by atoms with Crippen LogP contribution in [0.4, 0.5) is 10.2 Å². The number of nitrogens with one attached hydrogen (secondary N) is 1. The minimum absolute atomic E-state index is 0.288. The maximum Gasteiger partial charge on any atom is 0.141 e. The largest absolute Gasteiger partial charge is 0.381 e. The smallest absolute Gasteiger partial charge is 0.141 e. The molecule has 1 aliphatic heterocycles. The highest BCUT2D eigenvalue weighted by molar-refractivity contribution is 5.47. The Labute approximate surface area is 107 Å². The fourth-order valence-electron chi connectivity index (χ4n) is 2.36. The molecule has 1 fully saturated rings. The van der Waals surface area contributed by atoms with E-state index in [0.29, 0.717) is 12.6 Å². The highest BCUT2D eigenvalue weighted by Crippen LogP contribution is 2.23. The Hall–Kier alpha value is -1.20. The molecule has 4 nitrogen and oxygen atoms in total. The number of hydrogen-bond acceptors (Lipinski definition) is 4. The van der Waals surface area contributed by atoms with Gasteiger partial charge in [0.05, 0.1) is 6.20 Å². The highest BCUT2D eigenvalue weighted by atomic mass is 19.1. The molecule has 1 aromatic heterocycles. The van der Waals surface area contributed by atoms with Gasteiger partial charge in [-0.3, -0.25) is 0 Å². The van der Waals surface area contributed by atoms with E-state index in [4.69, 9.17) is 4.74 Å². The molecule has 0 amide bonds. The predicted molar refractivity (Wildman–Crippen MR) is 69.2 cm³/mol.